The van der Waals surface area contributed by atoms with E-state index in [1.54, 1.807) is 6.08 Å². The maximum absolute atomic E-state index is 5.42. The lowest BCUT2D eigenvalue weighted by atomic mass is 10.3. The molecular formula is C11H17NO. The molecule has 0 bridgehead atoms. The van der Waals surface area contributed by atoms with Crippen molar-refractivity contribution in [3.8, 4) is 0 Å². The van der Waals surface area contributed by atoms with Crippen molar-refractivity contribution in [1.29, 1.82) is 0 Å². The normalized spacial score (nSPS) is 16.8. The first-order valence-corrected chi connectivity index (χ1v) is 4.69. The van der Waals surface area contributed by atoms with Crippen molar-refractivity contribution in [2.75, 3.05) is 6.61 Å². The Bertz CT molecular complexity index is 226. The van der Waals surface area contributed by atoms with Gasteiger partial charge in [-0.1, -0.05) is 25.0 Å². The molecule has 0 aromatic heterocycles. The Hall–Kier alpha value is -1.05. The molecule has 2 heteroatoms. The van der Waals surface area contributed by atoms with Crippen LogP contribution in [0, 0.1) is 5.92 Å². The lowest BCUT2D eigenvalue weighted by Crippen LogP contribution is -1.94. The first kappa shape index (κ1) is 10.0. The van der Waals surface area contributed by atoms with Crippen LogP contribution in [-0.4, -0.2) is 13.3 Å². The van der Waals surface area contributed by atoms with E-state index >= 15 is 0 Å². The molecule has 0 amide bonds. The van der Waals surface area contributed by atoms with Crippen LogP contribution < -0.4 is 0 Å². The third-order valence-corrected chi connectivity index (χ3v) is 2.00. The Kier molecular flexibility index (Phi) is 3.74. The highest BCUT2D eigenvalue weighted by Crippen LogP contribution is 2.32. The summed E-state index contributed by atoms with van der Waals surface area (Å²) < 4.78 is 5.42. The summed E-state index contributed by atoms with van der Waals surface area (Å²) in [6.07, 6.45) is 5.68. The molecule has 1 aliphatic rings. The zero-order valence-corrected chi connectivity index (χ0v) is 8.25. The first-order valence-electron chi connectivity index (χ1n) is 4.69. The first-order chi connectivity index (χ1) is 6.22. The van der Waals surface area contributed by atoms with Gasteiger partial charge in [-0.2, -0.15) is 0 Å². The molecule has 0 aromatic rings. The summed E-state index contributed by atoms with van der Waals surface area (Å²) in [6, 6.07) is 0. The fraction of sp³-hybridized carbons (Fsp3) is 0.545. The maximum atomic E-state index is 5.42. The highest BCUT2D eigenvalue weighted by Gasteiger charge is 2.20. The predicted molar refractivity (Wildman–Crippen MR) is 55.7 cm³/mol. The lowest BCUT2D eigenvalue weighted by Gasteiger charge is -2.04. The van der Waals surface area contributed by atoms with E-state index in [0.717, 1.165) is 24.5 Å². The topological polar surface area (TPSA) is 21.6 Å². The van der Waals surface area contributed by atoms with Gasteiger partial charge in [0.15, 0.2) is 0 Å². The fourth-order valence-corrected chi connectivity index (χ4v) is 1.08. The highest BCUT2D eigenvalue weighted by molar-refractivity contribution is 5.29. The minimum atomic E-state index is 0.591. The molecule has 1 rings (SSSR count). The van der Waals surface area contributed by atoms with Gasteiger partial charge >= 0.3 is 0 Å². The van der Waals surface area contributed by atoms with Gasteiger partial charge in [0.05, 0.1) is 6.61 Å². The van der Waals surface area contributed by atoms with Gasteiger partial charge in [0.25, 0.3) is 0 Å². The van der Waals surface area contributed by atoms with E-state index in [1.165, 1.54) is 12.8 Å². The van der Waals surface area contributed by atoms with Crippen molar-refractivity contribution in [2.24, 2.45) is 10.9 Å². The molecular weight excluding hydrogens is 162 g/mol. The van der Waals surface area contributed by atoms with Gasteiger partial charge in [-0.15, -0.1) is 0 Å². The average molecular weight is 179 g/mol. The second-order valence-corrected chi connectivity index (χ2v) is 3.57. The molecule has 1 aliphatic carbocycles. The third-order valence-electron chi connectivity index (χ3n) is 2.00. The van der Waals surface area contributed by atoms with E-state index in [1.807, 2.05) is 6.92 Å². The number of hydrogen-bond donors (Lipinski definition) is 0. The van der Waals surface area contributed by atoms with Gasteiger partial charge < -0.3 is 4.74 Å². The molecule has 1 fully saturated rings. The number of nitrogens with zero attached hydrogens (tertiary/aromatic N) is 1. The van der Waals surface area contributed by atoms with Crippen molar-refractivity contribution >= 4 is 6.72 Å². The van der Waals surface area contributed by atoms with E-state index < -0.39 is 0 Å². The maximum Gasteiger partial charge on any atom is 0.212 e. The Morgan fingerprint density at radius 3 is 2.77 bits per heavy atom. The molecule has 1 saturated carbocycles. The van der Waals surface area contributed by atoms with E-state index in [9.17, 15) is 0 Å². The number of rotatable bonds is 6. The van der Waals surface area contributed by atoms with Crippen molar-refractivity contribution < 1.29 is 4.74 Å². The molecule has 0 aromatic carbocycles. The fourth-order valence-electron chi connectivity index (χ4n) is 1.08. The average Bonchev–Trinajstić information content (AvgIpc) is 2.85. The van der Waals surface area contributed by atoms with Crippen LogP contribution in [0.2, 0.25) is 0 Å². The molecule has 2 nitrogen and oxygen atoms in total. The minimum Gasteiger partial charge on any atom is -0.478 e. The quantitative estimate of drug-likeness (QED) is 0.349. The second kappa shape index (κ2) is 4.85. The number of aliphatic imine (C=N–C) groups is 1. The molecule has 0 radical (unpaired) electrons. The van der Waals surface area contributed by atoms with Crippen molar-refractivity contribution in [1.82, 2.24) is 0 Å². The number of allylic oxidation sites excluding steroid dienone is 2. The van der Waals surface area contributed by atoms with Crippen LogP contribution >= 0.6 is 0 Å². The second-order valence-electron chi connectivity index (χ2n) is 3.57. The molecule has 0 spiro atoms. The summed E-state index contributed by atoms with van der Waals surface area (Å²) in [5.41, 5.74) is 0.939. The van der Waals surface area contributed by atoms with Crippen LogP contribution in [0.1, 0.15) is 26.2 Å². The highest BCUT2D eigenvalue weighted by atomic mass is 16.5. The van der Waals surface area contributed by atoms with Gasteiger partial charge in [0.2, 0.25) is 5.88 Å². The zero-order valence-electron chi connectivity index (χ0n) is 8.25. The molecule has 0 saturated heterocycles. The molecule has 0 aliphatic heterocycles. The van der Waals surface area contributed by atoms with E-state index in [-0.39, 0.29) is 0 Å². The van der Waals surface area contributed by atoms with Crippen LogP contribution in [0.5, 0.6) is 0 Å². The number of hydrogen-bond acceptors (Lipinski definition) is 2. The predicted octanol–water partition coefficient (Wildman–Crippen LogP) is 2.92. The Labute approximate surface area is 80.0 Å². The van der Waals surface area contributed by atoms with Gasteiger partial charge in [0, 0.05) is 6.08 Å². The van der Waals surface area contributed by atoms with Gasteiger partial charge in [0.1, 0.15) is 0 Å². The monoisotopic (exact) mass is 179 g/mol. The molecule has 72 valence electrons. The summed E-state index contributed by atoms with van der Waals surface area (Å²) in [4.78, 5) is 3.77. The lowest BCUT2D eigenvalue weighted by molar-refractivity contribution is 0.201. The summed E-state index contributed by atoms with van der Waals surface area (Å²) in [5, 5.41) is 0. The molecule has 0 heterocycles. The smallest absolute Gasteiger partial charge is 0.212 e. The molecule has 13 heavy (non-hydrogen) atoms. The largest absolute Gasteiger partial charge is 0.478 e. The standard InChI is InChI=1S/C11H17NO/c1-9(2)8-11(12-3)13-7-6-10-4-5-10/h8,10H,1,3-7H2,2H3/b11-8+. The van der Waals surface area contributed by atoms with E-state index in [4.69, 9.17) is 4.74 Å². The van der Waals surface area contributed by atoms with Crippen LogP contribution in [0.3, 0.4) is 0 Å². The third kappa shape index (κ3) is 4.51. The Morgan fingerprint density at radius 1 is 1.62 bits per heavy atom. The Morgan fingerprint density at radius 2 is 2.31 bits per heavy atom. The van der Waals surface area contributed by atoms with Gasteiger partial charge in [-0.3, -0.25) is 0 Å². The van der Waals surface area contributed by atoms with E-state index in [2.05, 4.69) is 18.3 Å². The van der Waals surface area contributed by atoms with E-state index in [0.29, 0.717) is 5.88 Å². The summed E-state index contributed by atoms with van der Waals surface area (Å²) in [6.45, 7) is 9.86. The van der Waals surface area contributed by atoms with Crippen molar-refractivity contribution in [2.45, 2.75) is 26.2 Å². The van der Waals surface area contributed by atoms with Crippen LogP contribution in [0.4, 0.5) is 0 Å². The van der Waals surface area contributed by atoms with Crippen LogP contribution in [0.15, 0.2) is 29.1 Å². The van der Waals surface area contributed by atoms with Gasteiger partial charge in [-0.25, -0.2) is 4.99 Å². The van der Waals surface area contributed by atoms with Crippen LogP contribution in [0.25, 0.3) is 0 Å². The van der Waals surface area contributed by atoms with Crippen LogP contribution in [-0.2, 0) is 4.74 Å². The summed E-state index contributed by atoms with van der Waals surface area (Å²) >= 11 is 0. The molecule has 0 atom stereocenters. The molecule has 0 unspecified atom stereocenters. The SMILES string of the molecule is C=N/C(=C\C(=C)C)OCCC1CC1. The number of ether oxygens (including phenoxy) is 1. The van der Waals surface area contributed by atoms with Gasteiger partial charge in [-0.05, 0) is 26.0 Å². The summed E-state index contributed by atoms with van der Waals surface area (Å²) in [7, 11) is 0. The minimum absolute atomic E-state index is 0.591. The molecule has 0 N–H and O–H groups in total. The Balaban J connectivity index is 2.21. The van der Waals surface area contributed by atoms with Crippen molar-refractivity contribution in [3.63, 3.8) is 0 Å². The summed E-state index contributed by atoms with van der Waals surface area (Å²) in [5.74, 6) is 1.49. The van der Waals surface area contributed by atoms with Crippen molar-refractivity contribution in [3.05, 3.63) is 24.1 Å². The zero-order chi connectivity index (χ0) is 9.68.